The van der Waals surface area contributed by atoms with Crippen LogP contribution in [0.3, 0.4) is 0 Å². The number of benzene rings is 3. The summed E-state index contributed by atoms with van der Waals surface area (Å²) >= 11 is 0. The summed E-state index contributed by atoms with van der Waals surface area (Å²) < 4.78 is 15.3. The van der Waals surface area contributed by atoms with Crippen LogP contribution < -0.4 is 5.56 Å². The van der Waals surface area contributed by atoms with Crippen molar-refractivity contribution in [2.24, 2.45) is 0 Å². The molecule has 7 nitrogen and oxygen atoms in total. The minimum Gasteiger partial charge on any atom is -0.321 e. The van der Waals surface area contributed by atoms with Gasteiger partial charge in [-0.2, -0.15) is 0 Å². The molecular weight excluding hydrogens is 467 g/mol. The number of rotatable bonds is 9. The number of aromatic nitrogens is 5. The van der Waals surface area contributed by atoms with Crippen LogP contribution in [0.5, 0.6) is 0 Å². The third-order valence-corrected chi connectivity index (χ3v) is 6.51. The zero-order chi connectivity index (χ0) is 25.8. The summed E-state index contributed by atoms with van der Waals surface area (Å²) in [7, 11) is 0. The lowest BCUT2D eigenvalue weighted by Gasteiger charge is -2.22. The Hall–Kier alpha value is -4.17. The van der Waals surface area contributed by atoms with Gasteiger partial charge in [-0.3, -0.25) is 9.69 Å². The van der Waals surface area contributed by atoms with Gasteiger partial charge in [0, 0.05) is 25.2 Å². The second-order valence-electron chi connectivity index (χ2n) is 9.50. The Bertz CT molecular complexity index is 1560. The van der Waals surface area contributed by atoms with E-state index in [2.05, 4.69) is 49.7 Å². The molecule has 0 fully saturated rings. The summed E-state index contributed by atoms with van der Waals surface area (Å²) in [6.07, 6.45) is 0.805. The van der Waals surface area contributed by atoms with Crippen molar-refractivity contribution >= 4 is 10.9 Å². The van der Waals surface area contributed by atoms with E-state index in [4.69, 9.17) is 0 Å². The Labute approximate surface area is 214 Å². The number of nitrogens with one attached hydrogen (secondary N) is 1. The van der Waals surface area contributed by atoms with E-state index in [1.165, 1.54) is 17.7 Å². The van der Waals surface area contributed by atoms with Gasteiger partial charge in [-0.15, -0.1) is 5.10 Å². The highest BCUT2D eigenvalue weighted by molar-refractivity contribution is 5.82. The maximum Gasteiger partial charge on any atom is 0.252 e. The first kappa shape index (κ1) is 24.5. The highest BCUT2D eigenvalue weighted by atomic mass is 19.1. The molecule has 2 aromatic heterocycles. The van der Waals surface area contributed by atoms with E-state index in [1.807, 2.05) is 42.8 Å². The van der Waals surface area contributed by atoms with Gasteiger partial charge >= 0.3 is 0 Å². The Kier molecular flexibility index (Phi) is 7.18. The van der Waals surface area contributed by atoms with Crippen LogP contribution in [0.15, 0.2) is 77.6 Å². The standard InChI is InChI=1S/C29H29FN6O/c1-20-14-21(2)28-24(15-20)16-25(29(37)31-28)18-35(17-23-8-10-26(30)11-9-23)19-27-32-33-34-36(27)13-12-22-6-4-3-5-7-22/h3-11,14-16H,12-13,17-19H2,1-2H3,(H,31,37). The molecule has 0 aliphatic rings. The first-order chi connectivity index (χ1) is 17.9. The van der Waals surface area contributed by atoms with Gasteiger partial charge in [-0.05, 0) is 77.0 Å². The van der Waals surface area contributed by atoms with E-state index in [0.29, 0.717) is 37.6 Å². The molecular formula is C29H29FN6O. The van der Waals surface area contributed by atoms with Crippen LogP contribution in [-0.2, 0) is 32.6 Å². The van der Waals surface area contributed by atoms with Crippen LogP contribution in [-0.4, -0.2) is 30.1 Å². The number of aromatic amines is 1. The molecule has 0 saturated heterocycles. The predicted octanol–water partition coefficient (Wildman–Crippen LogP) is 4.72. The van der Waals surface area contributed by atoms with Crippen LogP contribution in [0, 0.1) is 19.7 Å². The van der Waals surface area contributed by atoms with Crippen molar-refractivity contribution in [2.75, 3.05) is 0 Å². The van der Waals surface area contributed by atoms with E-state index in [9.17, 15) is 9.18 Å². The fraction of sp³-hybridized carbons (Fsp3) is 0.241. The Morgan fingerprint density at radius 3 is 2.49 bits per heavy atom. The summed E-state index contributed by atoms with van der Waals surface area (Å²) in [5.41, 5.74) is 5.72. The number of halogens is 1. The Morgan fingerprint density at radius 2 is 1.70 bits per heavy atom. The summed E-state index contributed by atoms with van der Waals surface area (Å²) in [5, 5.41) is 13.4. The van der Waals surface area contributed by atoms with E-state index in [-0.39, 0.29) is 11.4 Å². The quantitative estimate of drug-likeness (QED) is 0.320. The molecule has 0 atom stereocenters. The van der Waals surface area contributed by atoms with E-state index >= 15 is 0 Å². The molecule has 5 rings (SSSR count). The van der Waals surface area contributed by atoms with Crippen LogP contribution in [0.25, 0.3) is 10.9 Å². The average Bonchev–Trinajstić information content (AvgIpc) is 3.32. The molecule has 0 aliphatic carbocycles. The van der Waals surface area contributed by atoms with Gasteiger partial charge in [0.15, 0.2) is 5.82 Å². The second-order valence-corrected chi connectivity index (χ2v) is 9.50. The molecule has 0 radical (unpaired) electrons. The minimum atomic E-state index is -0.281. The van der Waals surface area contributed by atoms with Gasteiger partial charge in [-0.1, -0.05) is 54.1 Å². The Balaban J connectivity index is 1.42. The first-order valence-electron chi connectivity index (χ1n) is 12.3. The van der Waals surface area contributed by atoms with Crippen LogP contribution >= 0.6 is 0 Å². The maximum atomic E-state index is 13.5. The molecule has 3 aromatic carbocycles. The molecule has 2 heterocycles. The van der Waals surface area contributed by atoms with E-state index < -0.39 is 0 Å². The number of H-pyrrole nitrogens is 1. The lowest BCUT2D eigenvalue weighted by atomic mass is 10.0. The van der Waals surface area contributed by atoms with Crippen molar-refractivity contribution in [2.45, 2.75) is 46.4 Å². The third-order valence-electron chi connectivity index (χ3n) is 6.51. The lowest BCUT2D eigenvalue weighted by molar-refractivity contribution is 0.235. The van der Waals surface area contributed by atoms with Gasteiger partial charge in [0.1, 0.15) is 5.82 Å². The van der Waals surface area contributed by atoms with Gasteiger partial charge in [0.25, 0.3) is 5.56 Å². The van der Waals surface area contributed by atoms with Crippen molar-refractivity contribution in [1.82, 2.24) is 30.1 Å². The van der Waals surface area contributed by atoms with Gasteiger partial charge in [0.05, 0.1) is 12.1 Å². The molecule has 0 spiro atoms. The Morgan fingerprint density at radius 1 is 0.919 bits per heavy atom. The van der Waals surface area contributed by atoms with Crippen LogP contribution in [0.1, 0.15) is 33.6 Å². The van der Waals surface area contributed by atoms with Crippen LogP contribution in [0.4, 0.5) is 4.39 Å². The lowest BCUT2D eigenvalue weighted by Crippen LogP contribution is -2.28. The molecule has 0 bridgehead atoms. The van der Waals surface area contributed by atoms with Crippen molar-refractivity contribution in [3.63, 3.8) is 0 Å². The van der Waals surface area contributed by atoms with Crippen molar-refractivity contribution < 1.29 is 4.39 Å². The molecule has 0 unspecified atom stereocenters. The number of nitrogens with zero attached hydrogens (tertiary/aromatic N) is 5. The fourth-order valence-corrected chi connectivity index (χ4v) is 4.70. The molecule has 5 aromatic rings. The van der Waals surface area contributed by atoms with Gasteiger partial charge in [-0.25, -0.2) is 9.07 Å². The molecule has 37 heavy (non-hydrogen) atoms. The van der Waals surface area contributed by atoms with E-state index in [1.54, 1.807) is 12.1 Å². The topological polar surface area (TPSA) is 79.7 Å². The normalized spacial score (nSPS) is 11.5. The number of pyridine rings is 1. The zero-order valence-corrected chi connectivity index (χ0v) is 21.0. The summed E-state index contributed by atoms with van der Waals surface area (Å²) in [6.45, 7) is 6.03. The first-order valence-corrected chi connectivity index (χ1v) is 12.3. The summed E-state index contributed by atoms with van der Waals surface area (Å²) in [5.74, 6) is 0.429. The van der Waals surface area contributed by atoms with Gasteiger partial charge < -0.3 is 4.98 Å². The largest absolute Gasteiger partial charge is 0.321 e. The number of tetrazole rings is 1. The van der Waals surface area contributed by atoms with E-state index in [0.717, 1.165) is 34.0 Å². The van der Waals surface area contributed by atoms with Crippen molar-refractivity contribution in [3.8, 4) is 0 Å². The number of hydrogen-bond acceptors (Lipinski definition) is 5. The number of fused-ring (bicyclic) bond motifs is 1. The maximum absolute atomic E-state index is 13.5. The molecule has 0 amide bonds. The molecule has 188 valence electrons. The summed E-state index contributed by atoms with van der Waals surface area (Å²) in [6, 6.07) is 22.7. The summed E-state index contributed by atoms with van der Waals surface area (Å²) in [4.78, 5) is 18.2. The predicted molar refractivity (Wildman–Crippen MR) is 141 cm³/mol. The van der Waals surface area contributed by atoms with Crippen molar-refractivity contribution in [3.05, 3.63) is 123 Å². The minimum absolute atomic E-state index is 0.118. The monoisotopic (exact) mass is 496 g/mol. The molecule has 0 saturated carbocycles. The zero-order valence-electron chi connectivity index (χ0n) is 21.0. The third kappa shape index (κ3) is 5.98. The number of aryl methyl sites for hydroxylation is 4. The van der Waals surface area contributed by atoms with Crippen LogP contribution in [0.2, 0.25) is 0 Å². The highest BCUT2D eigenvalue weighted by Crippen LogP contribution is 2.20. The fourth-order valence-electron chi connectivity index (χ4n) is 4.70. The second kappa shape index (κ2) is 10.8. The van der Waals surface area contributed by atoms with Crippen molar-refractivity contribution in [1.29, 1.82) is 0 Å². The smallest absolute Gasteiger partial charge is 0.252 e. The molecule has 8 heteroatoms. The highest BCUT2D eigenvalue weighted by Gasteiger charge is 2.16. The van der Waals surface area contributed by atoms with Gasteiger partial charge in [0.2, 0.25) is 0 Å². The number of hydrogen-bond donors (Lipinski definition) is 1. The average molecular weight is 497 g/mol. The SMILES string of the molecule is Cc1cc(C)c2[nH]c(=O)c(CN(Cc3ccc(F)cc3)Cc3nnnn3CCc3ccccc3)cc2c1. The molecule has 0 aliphatic heterocycles. The molecule has 1 N–H and O–H groups in total.